The normalized spacial score (nSPS) is 10.5. The van der Waals surface area contributed by atoms with Crippen LogP contribution >= 0.6 is 12.6 Å². The Morgan fingerprint density at radius 1 is 1.64 bits per heavy atom. The molecule has 1 aromatic heterocycles. The zero-order valence-electron chi connectivity index (χ0n) is 7.04. The Kier molecular flexibility index (Phi) is 3.00. The van der Waals surface area contributed by atoms with Crippen LogP contribution in [0.5, 0.6) is 0 Å². The van der Waals surface area contributed by atoms with Gasteiger partial charge in [0.15, 0.2) is 0 Å². The Morgan fingerprint density at radius 3 is 2.82 bits per heavy atom. The summed E-state index contributed by atoms with van der Waals surface area (Å²) in [5, 5.41) is 4.16. The minimum absolute atomic E-state index is 0.949. The van der Waals surface area contributed by atoms with Crippen molar-refractivity contribution in [3.05, 3.63) is 17.5 Å². The second kappa shape index (κ2) is 3.81. The molecule has 0 aliphatic carbocycles. The summed E-state index contributed by atoms with van der Waals surface area (Å²) >= 11 is 4.17. The summed E-state index contributed by atoms with van der Waals surface area (Å²) in [5.41, 5.74) is 2.62. The van der Waals surface area contributed by atoms with Crippen molar-refractivity contribution in [2.75, 3.05) is 5.75 Å². The lowest BCUT2D eigenvalue weighted by Crippen LogP contribution is -1.99. The lowest BCUT2D eigenvalue weighted by molar-refractivity contribution is 0.697. The topological polar surface area (TPSA) is 17.8 Å². The van der Waals surface area contributed by atoms with E-state index in [-0.39, 0.29) is 0 Å². The maximum Gasteiger partial charge on any atom is 0.0521 e. The van der Waals surface area contributed by atoms with Crippen molar-refractivity contribution in [2.45, 2.75) is 19.8 Å². The molecular weight excluding hydrogens is 156 g/mol. The van der Waals surface area contributed by atoms with Gasteiger partial charge in [0, 0.05) is 12.7 Å². The van der Waals surface area contributed by atoms with Gasteiger partial charge in [0.2, 0.25) is 0 Å². The molecule has 0 N–H and O–H groups in total. The van der Waals surface area contributed by atoms with Gasteiger partial charge in [-0.1, -0.05) is 0 Å². The van der Waals surface area contributed by atoms with Gasteiger partial charge < -0.3 is 0 Å². The molecule has 11 heavy (non-hydrogen) atoms. The monoisotopic (exact) mass is 170 g/mol. The number of hydrogen-bond donors (Lipinski definition) is 1. The Hall–Kier alpha value is -0.440. The van der Waals surface area contributed by atoms with Crippen LogP contribution in [0.4, 0.5) is 0 Å². The second-order valence-electron chi connectivity index (χ2n) is 2.73. The molecule has 0 amide bonds. The highest BCUT2D eigenvalue weighted by Crippen LogP contribution is 2.08. The van der Waals surface area contributed by atoms with Gasteiger partial charge in [-0.2, -0.15) is 17.7 Å². The molecule has 0 aromatic carbocycles. The quantitative estimate of drug-likeness (QED) is 0.682. The number of nitrogens with zero attached hydrogens (tertiary/aromatic N) is 2. The molecular formula is C8H14N2S. The second-order valence-corrected chi connectivity index (χ2v) is 3.17. The SMILES string of the molecule is Cc1cnn(C)c1CCCS. The van der Waals surface area contributed by atoms with Gasteiger partial charge in [0.25, 0.3) is 0 Å². The Morgan fingerprint density at radius 2 is 2.36 bits per heavy atom. The van der Waals surface area contributed by atoms with Crippen LogP contribution in [0.2, 0.25) is 0 Å². The predicted octanol–water partition coefficient (Wildman–Crippen LogP) is 1.59. The van der Waals surface area contributed by atoms with Crippen molar-refractivity contribution in [1.82, 2.24) is 9.78 Å². The molecule has 0 atom stereocenters. The summed E-state index contributed by atoms with van der Waals surface area (Å²) in [6.07, 6.45) is 4.13. The minimum atomic E-state index is 0.949. The van der Waals surface area contributed by atoms with E-state index in [0.717, 1.165) is 18.6 Å². The lowest BCUT2D eigenvalue weighted by atomic mass is 10.2. The zero-order valence-corrected chi connectivity index (χ0v) is 7.93. The highest BCUT2D eigenvalue weighted by Gasteiger charge is 2.02. The van der Waals surface area contributed by atoms with Gasteiger partial charge in [-0.15, -0.1) is 0 Å². The molecule has 0 saturated heterocycles. The van der Waals surface area contributed by atoms with Gasteiger partial charge >= 0.3 is 0 Å². The summed E-state index contributed by atoms with van der Waals surface area (Å²) in [6, 6.07) is 0. The standard InChI is InChI=1S/C8H14N2S/c1-7-6-9-10(2)8(7)4-3-5-11/h6,11H,3-5H2,1-2H3. The van der Waals surface area contributed by atoms with E-state index in [9.17, 15) is 0 Å². The van der Waals surface area contributed by atoms with Gasteiger partial charge in [0.05, 0.1) is 6.20 Å². The summed E-state index contributed by atoms with van der Waals surface area (Å²) in [5.74, 6) is 0.949. The van der Waals surface area contributed by atoms with Gasteiger partial charge in [0.1, 0.15) is 0 Å². The number of thiol groups is 1. The van der Waals surface area contributed by atoms with Crippen LogP contribution in [0, 0.1) is 6.92 Å². The fourth-order valence-corrected chi connectivity index (χ4v) is 1.34. The van der Waals surface area contributed by atoms with Crippen molar-refractivity contribution in [3.63, 3.8) is 0 Å². The van der Waals surface area contributed by atoms with Crippen molar-refractivity contribution < 1.29 is 0 Å². The molecule has 3 heteroatoms. The Labute approximate surface area is 73.0 Å². The van der Waals surface area contributed by atoms with E-state index in [2.05, 4.69) is 24.7 Å². The van der Waals surface area contributed by atoms with E-state index < -0.39 is 0 Å². The summed E-state index contributed by atoms with van der Waals surface area (Å²) < 4.78 is 1.94. The number of rotatable bonds is 3. The van der Waals surface area contributed by atoms with Crippen LogP contribution in [0.1, 0.15) is 17.7 Å². The smallest absolute Gasteiger partial charge is 0.0521 e. The summed E-state index contributed by atoms with van der Waals surface area (Å²) in [6.45, 7) is 2.10. The lowest BCUT2D eigenvalue weighted by Gasteiger charge is -2.00. The summed E-state index contributed by atoms with van der Waals surface area (Å²) in [7, 11) is 1.99. The Bertz CT molecular complexity index is 210. The molecule has 62 valence electrons. The molecule has 2 nitrogen and oxygen atoms in total. The van der Waals surface area contributed by atoms with Crippen LogP contribution < -0.4 is 0 Å². The average Bonchev–Trinajstić information content (AvgIpc) is 2.29. The first-order valence-corrected chi connectivity index (χ1v) is 4.47. The van der Waals surface area contributed by atoms with E-state index in [4.69, 9.17) is 0 Å². The molecule has 1 rings (SSSR count). The van der Waals surface area contributed by atoms with Gasteiger partial charge in [-0.3, -0.25) is 4.68 Å². The minimum Gasteiger partial charge on any atom is -0.272 e. The van der Waals surface area contributed by atoms with E-state index in [1.165, 1.54) is 11.3 Å². The molecule has 0 aliphatic heterocycles. The van der Waals surface area contributed by atoms with E-state index in [0.29, 0.717) is 0 Å². The third-order valence-corrected chi connectivity index (χ3v) is 2.16. The van der Waals surface area contributed by atoms with Crippen LogP contribution in [0.25, 0.3) is 0 Å². The first-order chi connectivity index (χ1) is 5.25. The fourth-order valence-electron chi connectivity index (χ4n) is 1.18. The molecule has 0 radical (unpaired) electrons. The molecule has 0 spiro atoms. The van der Waals surface area contributed by atoms with Crippen LogP contribution in [-0.2, 0) is 13.5 Å². The number of aromatic nitrogens is 2. The number of hydrogen-bond acceptors (Lipinski definition) is 2. The third kappa shape index (κ3) is 1.99. The average molecular weight is 170 g/mol. The van der Waals surface area contributed by atoms with Crippen molar-refractivity contribution in [1.29, 1.82) is 0 Å². The molecule has 1 heterocycles. The van der Waals surface area contributed by atoms with Crippen LogP contribution in [0.15, 0.2) is 6.20 Å². The maximum absolute atomic E-state index is 4.17. The third-order valence-electron chi connectivity index (χ3n) is 1.84. The molecule has 0 aliphatic rings. The highest BCUT2D eigenvalue weighted by atomic mass is 32.1. The van der Waals surface area contributed by atoms with Crippen molar-refractivity contribution in [3.8, 4) is 0 Å². The predicted molar refractivity (Wildman–Crippen MR) is 50.1 cm³/mol. The summed E-state index contributed by atoms with van der Waals surface area (Å²) in [4.78, 5) is 0. The zero-order chi connectivity index (χ0) is 8.27. The molecule has 0 saturated carbocycles. The molecule has 0 unspecified atom stereocenters. The largest absolute Gasteiger partial charge is 0.272 e. The van der Waals surface area contributed by atoms with Crippen molar-refractivity contribution in [2.24, 2.45) is 7.05 Å². The van der Waals surface area contributed by atoms with Crippen LogP contribution in [-0.4, -0.2) is 15.5 Å². The van der Waals surface area contributed by atoms with E-state index in [1.807, 2.05) is 17.9 Å². The van der Waals surface area contributed by atoms with Crippen LogP contribution in [0.3, 0.4) is 0 Å². The van der Waals surface area contributed by atoms with E-state index in [1.54, 1.807) is 0 Å². The molecule has 0 fully saturated rings. The van der Waals surface area contributed by atoms with Gasteiger partial charge in [-0.25, -0.2) is 0 Å². The Balaban J connectivity index is 2.67. The molecule has 0 bridgehead atoms. The molecule has 1 aromatic rings. The van der Waals surface area contributed by atoms with Crippen molar-refractivity contribution >= 4 is 12.6 Å². The van der Waals surface area contributed by atoms with Gasteiger partial charge in [-0.05, 0) is 31.1 Å². The maximum atomic E-state index is 4.17. The highest BCUT2D eigenvalue weighted by molar-refractivity contribution is 7.80. The first-order valence-electron chi connectivity index (χ1n) is 3.84. The first kappa shape index (κ1) is 8.65. The number of aryl methyl sites for hydroxylation is 2. The van der Waals surface area contributed by atoms with E-state index >= 15 is 0 Å². The fraction of sp³-hybridized carbons (Fsp3) is 0.625.